The highest BCUT2D eigenvalue weighted by Gasteiger charge is 2.51. The molecular formula is C22H28BNO4. The van der Waals surface area contributed by atoms with Crippen LogP contribution in [-0.4, -0.2) is 41.0 Å². The number of benzene rings is 2. The molecule has 0 aliphatic carbocycles. The molecule has 0 spiro atoms. The first-order valence-electron chi connectivity index (χ1n) is 9.64. The molecule has 1 N–H and O–H groups in total. The zero-order valence-electron chi connectivity index (χ0n) is 17.0. The second-order valence-corrected chi connectivity index (χ2v) is 8.27. The van der Waals surface area contributed by atoms with Crippen molar-refractivity contribution in [2.24, 2.45) is 0 Å². The van der Waals surface area contributed by atoms with Crippen LogP contribution in [0.15, 0.2) is 54.6 Å². The van der Waals surface area contributed by atoms with Crippen molar-refractivity contribution in [3.05, 3.63) is 65.7 Å². The van der Waals surface area contributed by atoms with Gasteiger partial charge in [-0.25, -0.2) is 4.79 Å². The van der Waals surface area contributed by atoms with Crippen molar-refractivity contribution in [1.29, 1.82) is 0 Å². The molecular weight excluding hydrogens is 353 g/mol. The van der Waals surface area contributed by atoms with Crippen molar-refractivity contribution in [3.63, 3.8) is 0 Å². The number of rotatable bonds is 6. The van der Waals surface area contributed by atoms with Gasteiger partial charge < -0.3 is 19.3 Å². The van der Waals surface area contributed by atoms with Crippen molar-refractivity contribution in [2.75, 3.05) is 6.54 Å². The van der Waals surface area contributed by atoms with E-state index in [1.165, 1.54) is 4.90 Å². The average Bonchev–Trinajstić information content (AvgIpc) is 2.87. The molecule has 1 aliphatic heterocycles. The second kappa shape index (κ2) is 7.98. The molecule has 1 aliphatic rings. The fourth-order valence-corrected chi connectivity index (χ4v) is 3.13. The largest absolute Gasteiger partial charge is 0.494 e. The van der Waals surface area contributed by atoms with Crippen LogP contribution in [-0.2, 0) is 22.3 Å². The normalized spacial score (nSPS) is 17.5. The van der Waals surface area contributed by atoms with Gasteiger partial charge in [-0.05, 0) is 50.7 Å². The average molecular weight is 381 g/mol. The van der Waals surface area contributed by atoms with Gasteiger partial charge in [0.05, 0.1) is 11.2 Å². The van der Waals surface area contributed by atoms with Gasteiger partial charge in [-0.3, -0.25) is 0 Å². The highest BCUT2D eigenvalue weighted by Crippen LogP contribution is 2.36. The number of nitrogens with zero attached hydrogens (tertiary/aromatic N) is 1. The van der Waals surface area contributed by atoms with Crippen molar-refractivity contribution in [3.8, 4) is 0 Å². The van der Waals surface area contributed by atoms with Crippen molar-refractivity contribution >= 4 is 18.7 Å². The molecule has 0 bridgehead atoms. The minimum Gasteiger partial charge on any atom is -0.465 e. The van der Waals surface area contributed by atoms with Crippen LogP contribution in [0.1, 0.15) is 38.8 Å². The number of amides is 1. The lowest BCUT2D eigenvalue weighted by atomic mass is 9.79. The first-order chi connectivity index (χ1) is 13.2. The van der Waals surface area contributed by atoms with Gasteiger partial charge in [0.15, 0.2) is 0 Å². The Morgan fingerprint density at radius 2 is 1.50 bits per heavy atom. The standard InChI is InChI=1S/C22H28BNO4/c1-21(2)22(3,4)28-23(27-21)19-12-10-17(11-13-19)14-15-24(20(25)26)16-18-8-6-5-7-9-18/h5-13H,14-16H2,1-4H3,(H,25,26). The Balaban J connectivity index is 1.60. The van der Waals surface area contributed by atoms with E-state index in [1.54, 1.807) is 0 Å². The third-order valence-electron chi connectivity index (χ3n) is 5.66. The maximum absolute atomic E-state index is 11.6. The molecule has 28 heavy (non-hydrogen) atoms. The summed E-state index contributed by atoms with van der Waals surface area (Å²) in [5.74, 6) is 0. The highest BCUT2D eigenvalue weighted by atomic mass is 16.7. The number of hydrogen-bond donors (Lipinski definition) is 1. The summed E-state index contributed by atoms with van der Waals surface area (Å²) in [7, 11) is -0.382. The van der Waals surface area contributed by atoms with Crippen molar-refractivity contribution < 1.29 is 19.2 Å². The summed E-state index contributed by atoms with van der Waals surface area (Å²) in [5, 5.41) is 9.49. The zero-order chi connectivity index (χ0) is 20.4. The molecule has 1 saturated heterocycles. The molecule has 1 heterocycles. The Labute approximate surface area is 167 Å². The lowest BCUT2D eigenvalue weighted by Crippen LogP contribution is -2.41. The molecule has 1 fully saturated rings. The third kappa shape index (κ3) is 4.57. The zero-order valence-corrected chi connectivity index (χ0v) is 17.0. The van der Waals surface area contributed by atoms with Crippen LogP contribution in [0.4, 0.5) is 4.79 Å². The van der Waals surface area contributed by atoms with Crippen molar-refractivity contribution in [2.45, 2.75) is 51.9 Å². The second-order valence-electron chi connectivity index (χ2n) is 8.27. The Hall–Kier alpha value is -2.31. The summed E-state index contributed by atoms with van der Waals surface area (Å²) in [6.45, 7) is 8.98. The van der Waals surface area contributed by atoms with Crippen LogP contribution >= 0.6 is 0 Å². The fraction of sp³-hybridized carbons (Fsp3) is 0.409. The van der Waals surface area contributed by atoms with Gasteiger partial charge in [0, 0.05) is 13.1 Å². The molecule has 1 amide bonds. The molecule has 3 rings (SSSR count). The third-order valence-corrected chi connectivity index (χ3v) is 5.66. The van der Waals surface area contributed by atoms with Crippen LogP contribution in [0.5, 0.6) is 0 Å². The van der Waals surface area contributed by atoms with E-state index < -0.39 is 6.09 Å². The van der Waals surface area contributed by atoms with E-state index >= 15 is 0 Å². The molecule has 0 radical (unpaired) electrons. The SMILES string of the molecule is CC1(C)OB(c2ccc(CCN(Cc3ccccc3)C(=O)O)cc2)OC1(C)C. The molecule has 0 unspecified atom stereocenters. The van der Waals surface area contributed by atoms with E-state index in [9.17, 15) is 9.90 Å². The summed E-state index contributed by atoms with van der Waals surface area (Å²) in [4.78, 5) is 13.0. The van der Waals surface area contributed by atoms with Crippen LogP contribution in [0.3, 0.4) is 0 Å². The quantitative estimate of drug-likeness (QED) is 0.775. The fourth-order valence-electron chi connectivity index (χ4n) is 3.13. The van der Waals surface area contributed by atoms with Gasteiger partial charge in [-0.15, -0.1) is 0 Å². The molecule has 2 aromatic carbocycles. The van der Waals surface area contributed by atoms with E-state index in [1.807, 2.05) is 82.3 Å². The van der Waals surface area contributed by atoms with Crippen LogP contribution in [0.25, 0.3) is 0 Å². The minimum atomic E-state index is -0.905. The molecule has 5 nitrogen and oxygen atoms in total. The molecule has 2 aromatic rings. The first kappa shape index (κ1) is 20.4. The lowest BCUT2D eigenvalue weighted by Gasteiger charge is -2.32. The maximum atomic E-state index is 11.6. The van der Waals surface area contributed by atoms with Gasteiger partial charge in [0.25, 0.3) is 0 Å². The van der Waals surface area contributed by atoms with Crippen LogP contribution in [0.2, 0.25) is 0 Å². The van der Waals surface area contributed by atoms with Gasteiger partial charge in [0.2, 0.25) is 0 Å². The van der Waals surface area contributed by atoms with E-state index in [-0.39, 0.29) is 18.3 Å². The summed E-state index contributed by atoms with van der Waals surface area (Å²) in [6.07, 6.45) is -0.249. The van der Waals surface area contributed by atoms with Gasteiger partial charge in [0.1, 0.15) is 0 Å². The predicted molar refractivity (Wildman–Crippen MR) is 111 cm³/mol. The highest BCUT2D eigenvalue weighted by molar-refractivity contribution is 6.62. The predicted octanol–water partition coefficient (Wildman–Crippen LogP) is 3.71. The van der Waals surface area contributed by atoms with Gasteiger partial charge in [-0.1, -0.05) is 54.6 Å². The smallest absolute Gasteiger partial charge is 0.465 e. The Bertz CT molecular complexity index is 789. The van der Waals surface area contributed by atoms with Crippen molar-refractivity contribution in [1.82, 2.24) is 4.90 Å². The Morgan fingerprint density at radius 1 is 0.929 bits per heavy atom. The van der Waals surface area contributed by atoms with Crippen LogP contribution in [0, 0.1) is 0 Å². The number of carboxylic acid groups (broad SMARTS) is 1. The monoisotopic (exact) mass is 381 g/mol. The summed E-state index contributed by atoms with van der Waals surface area (Å²) >= 11 is 0. The summed E-state index contributed by atoms with van der Waals surface area (Å²) < 4.78 is 12.2. The lowest BCUT2D eigenvalue weighted by molar-refractivity contribution is 0.00578. The molecule has 148 valence electrons. The van der Waals surface area contributed by atoms with Gasteiger partial charge in [-0.2, -0.15) is 0 Å². The van der Waals surface area contributed by atoms with E-state index in [2.05, 4.69) is 0 Å². The number of hydrogen-bond acceptors (Lipinski definition) is 3. The molecule has 0 saturated carbocycles. The molecule has 0 atom stereocenters. The maximum Gasteiger partial charge on any atom is 0.494 e. The van der Waals surface area contributed by atoms with E-state index in [4.69, 9.17) is 9.31 Å². The molecule has 0 aromatic heterocycles. The van der Waals surface area contributed by atoms with Gasteiger partial charge >= 0.3 is 13.2 Å². The Morgan fingerprint density at radius 3 is 2.04 bits per heavy atom. The minimum absolute atomic E-state index is 0.365. The van der Waals surface area contributed by atoms with E-state index in [0.29, 0.717) is 19.5 Å². The summed E-state index contributed by atoms with van der Waals surface area (Å²) in [5.41, 5.74) is 2.31. The summed E-state index contributed by atoms with van der Waals surface area (Å²) in [6, 6.07) is 17.7. The van der Waals surface area contributed by atoms with E-state index in [0.717, 1.165) is 16.6 Å². The first-order valence-corrected chi connectivity index (χ1v) is 9.64. The molecule has 6 heteroatoms. The van der Waals surface area contributed by atoms with Crippen LogP contribution < -0.4 is 5.46 Å². The Kier molecular flexibility index (Phi) is 5.82. The number of carbonyl (C=O) groups is 1. The topological polar surface area (TPSA) is 59.0 Å².